The van der Waals surface area contributed by atoms with E-state index in [2.05, 4.69) is 0 Å². The topological polar surface area (TPSA) is 112 Å². The Morgan fingerprint density at radius 3 is 1.54 bits per heavy atom. The molecule has 0 atom stereocenters. The fourth-order valence-corrected chi connectivity index (χ4v) is 0.835. The number of hydrogen-bond acceptors (Lipinski definition) is 4. The van der Waals surface area contributed by atoms with Gasteiger partial charge in [0.1, 0.15) is 0 Å². The number of carbonyl (C=O) groups is 3. The average molecular weight is 211 g/mol. The van der Waals surface area contributed by atoms with Crippen LogP contribution in [0.5, 0.6) is 0 Å². The number of rotatable bonds is 5. The highest BCUT2D eigenvalue weighted by atomic mass is 35.5. The monoisotopic (exact) mass is 210 g/mol. The molecule has 3 N–H and O–H groups in total. The maximum absolute atomic E-state index is 10.5. The summed E-state index contributed by atoms with van der Waals surface area (Å²) in [4.78, 5) is 30.8. The molecule has 0 saturated heterocycles. The quantitative estimate of drug-likeness (QED) is 0.524. The van der Waals surface area contributed by atoms with Crippen molar-refractivity contribution >= 4 is 28.8 Å². The first-order valence-electron chi connectivity index (χ1n) is 3.14. The van der Waals surface area contributed by atoms with E-state index in [0.717, 1.165) is 0 Å². The van der Waals surface area contributed by atoms with Crippen LogP contribution in [-0.2, 0) is 14.4 Å². The van der Waals surface area contributed by atoms with Gasteiger partial charge in [-0.25, -0.2) is 0 Å². The predicted octanol–water partition coefficient (Wildman–Crippen LogP) is -0.568. The minimum Gasteiger partial charge on any atom is -0.481 e. The Morgan fingerprint density at radius 1 is 1.08 bits per heavy atom. The van der Waals surface area contributed by atoms with Crippen molar-refractivity contribution in [3.8, 4) is 0 Å². The molecule has 0 rings (SSSR count). The van der Waals surface area contributed by atoms with Gasteiger partial charge in [-0.2, -0.15) is 0 Å². The fourth-order valence-electron chi connectivity index (χ4n) is 0.702. The Balaban J connectivity index is 4.62. The van der Waals surface area contributed by atoms with Gasteiger partial charge in [-0.1, -0.05) is 0 Å². The maximum atomic E-state index is 10.5. The van der Waals surface area contributed by atoms with E-state index in [0.29, 0.717) is 0 Å². The van der Waals surface area contributed by atoms with Crippen LogP contribution in [0.3, 0.4) is 0 Å². The SMILES string of the molecule is O=C(O)CC(O)(CC(=O)O)C(=O)Cl. The highest BCUT2D eigenvalue weighted by molar-refractivity contribution is 6.65. The molecule has 6 nitrogen and oxygen atoms in total. The second-order valence-electron chi connectivity index (χ2n) is 2.45. The number of carboxylic acids is 2. The molecule has 0 saturated carbocycles. The highest BCUT2D eigenvalue weighted by Crippen LogP contribution is 2.18. The molecule has 0 unspecified atom stereocenters. The van der Waals surface area contributed by atoms with E-state index in [1.807, 2.05) is 0 Å². The molecule has 0 aliphatic carbocycles. The summed E-state index contributed by atoms with van der Waals surface area (Å²) in [6.45, 7) is 0. The largest absolute Gasteiger partial charge is 0.481 e. The summed E-state index contributed by atoms with van der Waals surface area (Å²) < 4.78 is 0. The van der Waals surface area contributed by atoms with Crippen LogP contribution in [-0.4, -0.2) is 38.1 Å². The van der Waals surface area contributed by atoms with Crippen LogP contribution in [0.4, 0.5) is 0 Å². The zero-order valence-electron chi connectivity index (χ0n) is 6.36. The molecule has 0 spiro atoms. The Kier molecular flexibility index (Phi) is 3.83. The molecule has 0 aliphatic rings. The molecule has 0 fully saturated rings. The summed E-state index contributed by atoms with van der Waals surface area (Å²) in [7, 11) is 0. The summed E-state index contributed by atoms with van der Waals surface area (Å²) in [5.41, 5.74) is -2.53. The van der Waals surface area contributed by atoms with Crippen molar-refractivity contribution in [3.63, 3.8) is 0 Å². The minimum atomic E-state index is -2.53. The van der Waals surface area contributed by atoms with E-state index in [1.165, 1.54) is 0 Å². The van der Waals surface area contributed by atoms with Crippen LogP contribution in [0.1, 0.15) is 12.8 Å². The number of halogens is 1. The Hall–Kier alpha value is -1.14. The highest BCUT2D eigenvalue weighted by Gasteiger charge is 2.39. The van der Waals surface area contributed by atoms with Gasteiger partial charge >= 0.3 is 11.9 Å². The van der Waals surface area contributed by atoms with Gasteiger partial charge in [-0.15, -0.1) is 0 Å². The van der Waals surface area contributed by atoms with Crippen molar-refractivity contribution < 1.29 is 29.7 Å². The zero-order chi connectivity index (χ0) is 10.6. The molecule has 0 heterocycles. The summed E-state index contributed by atoms with van der Waals surface area (Å²) in [6.07, 6.45) is -2.05. The number of aliphatic hydroxyl groups is 1. The fraction of sp³-hybridized carbons (Fsp3) is 0.500. The molecule has 0 radical (unpaired) electrons. The van der Waals surface area contributed by atoms with E-state index < -0.39 is 35.6 Å². The van der Waals surface area contributed by atoms with Gasteiger partial charge < -0.3 is 15.3 Å². The molecular formula is C6H7ClO6. The summed E-state index contributed by atoms with van der Waals surface area (Å²) in [5, 5.41) is 24.3. The Labute approximate surface area is 77.7 Å². The summed E-state index contributed by atoms with van der Waals surface area (Å²) in [5.74, 6) is -3.00. The molecule has 74 valence electrons. The molecule has 7 heteroatoms. The van der Waals surface area contributed by atoms with Crippen molar-refractivity contribution in [2.45, 2.75) is 18.4 Å². The first-order chi connectivity index (χ1) is 5.78. The summed E-state index contributed by atoms with van der Waals surface area (Å²) in [6, 6.07) is 0. The number of carboxylic acid groups (broad SMARTS) is 2. The van der Waals surface area contributed by atoms with Crippen molar-refractivity contribution in [2.24, 2.45) is 0 Å². The minimum absolute atomic E-state index is 1.03. The maximum Gasteiger partial charge on any atom is 0.306 e. The third-order valence-corrected chi connectivity index (χ3v) is 1.60. The van der Waals surface area contributed by atoms with E-state index >= 15 is 0 Å². The smallest absolute Gasteiger partial charge is 0.306 e. The Bertz CT molecular complexity index is 232. The van der Waals surface area contributed by atoms with Crippen molar-refractivity contribution in [2.75, 3.05) is 0 Å². The lowest BCUT2D eigenvalue weighted by atomic mass is 9.97. The van der Waals surface area contributed by atoms with Crippen LogP contribution < -0.4 is 0 Å². The number of carbonyl (C=O) groups excluding carboxylic acids is 1. The van der Waals surface area contributed by atoms with Gasteiger partial charge in [0.15, 0.2) is 5.60 Å². The number of aliphatic carboxylic acids is 2. The molecule has 0 amide bonds. The molecule has 0 bridgehead atoms. The third-order valence-electron chi connectivity index (χ3n) is 1.25. The Morgan fingerprint density at radius 2 is 1.38 bits per heavy atom. The lowest BCUT2D eigenvalue weighted by molar-refractivity contribution is -0.154. The van der Waals surface area contributed by atoms with Crippen LogP contribution in [0.2, 0.25) is 0 Å². The van der Waals surface area contributed by atoms with Crippen molar-refractivity contribution in [3.05, 3.63) is 0 Å². The van der Waals surface area contributed by atoms with Crippen molar-refractivity contribution in [1.29, 1.82) is 0 Å². The molecule has 13 heavy (non-hydrogen) atoms. The van der Waals surface area contributed by atoms with Gasteiger partial charge in [-0.05, 0) is 11.6 Å². The average Bonchev–Trinajstić information content (AvgIpc) is 1.82. The molecule has 0 aromatic heterocycles. The van der Waals surface area contributed by atoms with E-state index in [4.69, 9.17) is 21.8 Å². The van der Waals surface area contributed by atoms with Gasteiger partial charge in [0, 0.05) is 0 Å². The molecule has 0 aliphatic heterocycles. The third kappa shape index (κ3) is 3.86. The van der Waals surface area contributed by atoms with Gasteiger partial charge in [-0.3, -0.25) is 14.4 Å². The predicted molar refractivity (Wildman–Crippen MR) is 40.3 cm³/mol. The van der Waals surface area contributed by atoms with Crippen molar-refractivity contribution in [1.82, 2.24) is 0 Å². The van der Waals surface area contributed by atoms with Gasteiger partial charge in [0.25, 0.3) is 5.24 Å². The van der Waals surface area contributed by atoms with E-state index in [1.54, 1.807) is 0 Å². The molecular weight excluding hydrogens is 204 g/mol. The van der Waals surface area contributed by atoms with Gasteiger partial charge in [0.05, 0.1) is 12.8 Å². The second-order valence-corrected chi connectivity index (χ2v) is 2.79. The normalized spacial score (nSPS) is 10.9. The number of hydrogen-bond donors (Lipinski definition) is 3. The van der Waals surface area contributed by atoms with Crippen LogP contribution in [0, 0.1) is 0 Å². The van der Waals surface area contributed by atoms with Gasteiger partial charge in [0.2, 0.25) is 0 Å². The van der Waals surface area contributed by atoms with Crippen LogP contribution in [0.25, 0.3) is 0 Å². The van der Waals surface area contributed by atoms with Crippen LogP contribution in [0.15, 0.2) is 0 Å². The van der Waals surface area contributed by atoms with Crippen LogP contribution >= 0.6 is 11.6 Å². The first kappa shape index (κ1) is 11.9. The lowest BCUT2D eigenvalue weighted by Crippen LogP contribution is -2.40. The lowest BCUT2D eigenvalue weighted by Gasteiger charge is -2.18. The molecule has 0 aromatic carbocycles. The molecule has 0 aromatic rings. The second kappa shape index (κ2) is 4.20. The van der Waals surface area contributed by atoms with E-state index in [9.17, 15) is 19.5 Å². The summed E-state index contributed by atoms with van der Waals surface area (Å²) >= 11 is 4.86. The standard InChI is InChI=1S/C6H7ClO6/c7-5(12)6(13,1-3(8)9)2-4(10)11/h13H,1-2H2,(H,8,9)(H,10,11). The van der Waals surface area contributed by atoms with E-state index in [-0.39, 0.29) is 0 Å². The zero-order valence-corrected chi connectivity index (χ0v) is 7.11. The first-order valence-corrected chi connectivity index (χ1v) is 3.51.